The highest BCUT2D eigenvalue weighted by Gasteiger charge is 1.96. The van der Waals surface area contributed by atoms with Gasteiger partial charge in [0.05, 0.1) is 0 Å². The van der Waals surface area contributed by atoms with Crippen molar-refractivity contribution in [2.45, 2.75) is 19.8 Å². The zero-order valence-corrected chi connectivity index (χ0v) is 12.2. The summed E-state index contributed by atoms with van der Waals surface area (Å²) in [6.07, 6.45) is 3.86. The molecule has 0 amide bonds. The molecule has 0 aliphatic rings. The highest BCUT2D eigenvalue weighted by Crippen LogP contribution is 2.10. The maximum Gasteiger partial charge on any atom is 0.191 e. The van der Waals surface area contributed by atoms with Crippen LogP contribution < -0.4 is 10.6 Å². The van der Waals surface area contributed by atoms with Crippen LogP contribution in [-0.2, 0) is 6.42 Å². The number of aryl methyl sites for hydroxylation is 1. The van der Waals surface area contributed by atoms with Crippen LogP contribution in [0.15, 0.2) is 41.9 Å². The SMILES string of the molecule is C=CCNC(=NCCCc1ccc(Cl)cc1)NCC. The lowest BCUT2D eigenvalue weighted by Gasteiger charge is -2.09. The molecule has 0 aliphatic heterocycles. The number of aliphatic imine (C=N–C) groups is 1. The molecule has 0 radical (unpaired) electrons. The van der Waals surface area contributed by atoms with Crippen molar-refractivity contribution in [1.29, 1.82) is 0 Å². The molecule has 0 atom stereocenters. The molecule has 1 aromatic rings. The Morgan fingerprint density at radius 2 is 2.05 bits per heavy atom. The molecule has 0 saturated heterocycles. The van der Waals surface area contributed by atoms with Crippen molar-refractivity contribution in [3.8, 4) is 0 Å². The van der Waals surface area contributed by atoms with Gasteiger partial charge in [0.1, 0.15) is 0 Å². The lowest BCUT2D eigenvalue weighted by atomic mass is 10.1. The van der Waals surface area contributed by atoms with Crippen molar-refractivity contribution in [1.82, 2.24) is 10.6 Å². The second kappa shape index (κ2) is 9.45. The minimum atomic E-state index is 0.725. The van der Waals surface area contributed by atoms with E-state index in [2.05, 4.69) is 41.3 Å². The van der Waals surface area contributed by atoms with Gasteiger partial charge >= 0.3 is 0 Å². The summed E-state index contributed by atoms with van der Waals surface area (Å²) in [6.45, 7) is 8.12. The Morgan fingerprint density at radius 1 is 1.32 bits per heavy atom. The zero-order chi connectivity index (χ0) is 13.9. The number of guanidine groups is 1. The lowest BCUT2D eigenvalue weighted by Crippen LogP contribution is -2.37. The summed E-state index contributed by atoms with van der Waals surface area (Å²) in [4.78, 5) is 4.50. The first-order chi connectivity index (χ1) is 9.26. The summed E-state index contributed by atoms with van der Waals surface area (Å²) in [7, 11) is 0. The molecule has 0 unspecified atom stereocenters. The number of hydrogen-bond donors (Lipinski definition) is 2. The fraction of sp³-hybridized carbons (Fsp3) is 0.400. The molecule has 104 valence electrons. The highest BCUT2D eigenvalue weighted by atomic mass is 35.5. The highest BCUT2D eigenvalue weighted by molar-refractivity contribution is 6.30. The van der Waals surface area contributed by atoms with Crippen LogP contribution in [-0.4, -0.2) is 25.6 Å². The quantitative estimate of drug-likeness (QED) is 0.348. The topological polar surface area (TPSA) is 36.4 Å². The van der Waals surface area contributed by atoms with E-state index in [0.29, 0.717) is 0 Å². The molecule has 0 heterocycles. The van der Waals surface area contributed by atoms with Crippen molar-refractivity contribution in [3.63, 3.8) is 0 Å². The summed E-state index contributed by atoms with van der Waals surface area (Å²) in [5.74, 6) is 0.846. The Hall–Kier alpha value is -1.48. The van der Waals surface area contributed by atoms with Gasteiger partial charge in [-0.05, 0) is 37.5 Å². The van der Waals surface area contributed by atoms with Gasteiger partial charge in [-0.3, -0.25) is 4.99 Å². The molecule has 2 N–H and O–H groups in total. The Kier molecular flexibility index (Phi) is 7.75. The van der Waals surface area contributed by atoms with E-state index in [1.165, 1.54) is 5.56 Å². The molecular weight excluding hydrogens is 258 g/mol. The first kappa shape index (κ1) is 15.6. The van der Waals surface area contributed by atoms with Crippen LogP contribution in [0.2, 0.25) is 5.02 Å². The van der Waals surface area contributed by atoms with Gasteiger partial charge in [-0.1, -0.05) is 29.8 Å². The summed E-state index contributed by atoms with van der Waals surface area (Å²) in [5, 5.41) is 7.16. The van der Waals surface area contributed by atoms with Crippen LogP contribution in [0.5, 0.6) is 0 Å². The van der Waals surface area contributed by atoms with Crippen molar-refractivity contribution in [2.75, 3.05) is 19.6 Å². The summed E-state index contributed by atoms with van der Waals surface area (Å²) >= 11 is 5.85. The van der Waals surface area contributed by atoms with Crippen LogP contribution in [0, 0.1) is 0 Å². The Morgan fingerprint density at radius 3 is 2.68 bits per heavy atom. The largest absolute Gasteiger partial charge is 0.357 e. The lowest BCUT2D eigenvalue weighted by molar-refractivity contribution is 0.802. The van der Waals surface area contributed by atoms with Crippen molar-refractivity contribution < 1.29 is 0 Å². The standard InChI is InChI=1S/C15H22ClN3/c1-3-11-18-15(17-4-2)19-12-5-6-13-7-9-14(16)10-8-13/h3,7-10H,1,4-6,11-12H2,2H3,(H2,17,18,19). The maximum atomic E-state index is 5.85. The Bertz CT molecular complexity index is 398. The monoisotopic (exact) mass is 279 g/mol. The molecule has 3 nitrogen and oxygen atoms in total. The molecule has 0 bridgehead atoms. The third kappa shape index (κ3) is 6.87. The summed E-state index contributed by atoms with van der Waals surface area (Å²) in [5.41, 5.74) is 1.30. The number of hydrogen-bond acceptors (Lipinski definition) is 1. The first-order valence-electron chi connectivity index (χ1n) is 6.63. The summed E-state index contributed by atoms with van der Waals surface area (Å²) < 4.78 is 0. The van der Waals surface area contributed by atoms with Crippen LogP contribution in [0.1, 0.15) is 18.9 Å². The van der Waals surface area contributed by atoms with Gasteiger partial charge in [0, 0.05) is 24.7 Å². The molecule has 0 saturated carbocycles. The van der Waals surface area contributed by atoms with Crippen molar-refractivity contribution in [2.24, 2.45) is 4.99 Å². The number of benzene rings is 1. The van der Waals surface area contributed by atoms with Crippen LogP contribution in [0.4, 0.5) is 0 Å². The molecule has 0 spiro atoms. The van der Waals surface area contributed by atoms with E-state index >= 15 is 0 Å². The average Bonchev–Trinajstić information content (AvgIpc) is 2.42. The molecule has 19 heavy (non-hydrogen) atoms. The molecule has 0 fully saturated rings. The normalized spacial score (nSPS) is 11.2. The van der Waals surface area contributed by atoms with E-state index in [4.69, 9.17) is 11.6 Å². The van der Waals surface area contributed by atoms with E-state index in [-0.39, 0.29) is 0 Å². The van der Waals surface area contributed by atoms with E-state index < -0.39 is 0 Å². The number of nitrogens with one attached hydrogen (secondary N) is 2. The molecule has 0 aromatic heterocycles. The molecule has 4 heteroatoms. The zero-order valence-electron chi connectivity index (χ0n) is 11.5. The van der Waals surface area contributed by atoms with Gasteiger partial charge < -0.3 is 10.6 Å². The second-order valence-corrected chi connectivity index (χ2v) is 4.60. The fourth-order valence-electron chi connectivity index (χ4n) is 1.64. The van der Waals surface area contributed by atoms with Crippen LogP contribution in [0.3, 0.4) is 0 Å². The fourth-order valence-corrected chi connectivity index (χ4v) is 1.76. The van der Waals surface area contributed by atoms with Gasteiger partial charge in [0.25, 0.3) is 0 Å². The van der Waals surface area contributed by atoms with Crippen molar-refractivity contribution in [3.05, 3.63) is 47.5 Å². The van der Waals surface area contributed by atoms with Gasteiger partial charge in [-0.2, -0.15) is 0 Å². The molecule has 0 aliphatic carbocycles. The second-order valence-electron chi connectivity index (χ2n) is 4.16. The number of halogens is 1. The Balaban J connectivity index is 2.33. The van der Waals surface area contributed by atoms with E-state index in [1.54, 1.807) is 0 Å². The maximum absolute atomic E-state index is 5.85. The molecule has 1 rings (SSSR count). The average molecular weight is 280 g/mol. The van der Waals surface area contributed by atoms with E-state index in [9.17, 15) is 0 Å². The minimum absolute atomic E-state index is 0.725. The van der Waals surface area contributed by atoms with Gasteiger partial charge in [0.15, 0.2) is 5.96 Å². The summed E-state index contributed by atoms with van der Waals surface area (Å²) in [6, 6.07) is 7.98. The van der Waals surface area contributed by atoms with E-state index in [0.717, 1.165) is 43.5 Å². The van der Waals surface area contributed by atoms with E-state index in [1.807, 2.05) is 18.2 Å². The minimum Gasteiger partial charge on any atom is -0.357 e. The predicted molar refractivity (Wildman–Crippen MR) is 84.0 cm³/mol. The van der Waals surface area contributed by atoms with Crippen molar-refractivity contribution >= 4 is 17.6 Å². The van der Waals surface area contributed by atoms with Gasteiger partial charge in [-0.15, -0.1) is 6.58 Å². The Labute approximate surface area is 120 Å². The number of nitrogens with zero attached hydrogens (tertiary/aromatic N) is 1. The van der Waals surface area contributed by atoms with Crippen LogP contribution in [0.25, 0.3) is 0 Å². The number of rotatable bonds is 7. The first-order valence-corrected chi connectivity index (χ1v) is 7.01. The third-order valence-corrected chi connectivity index (χ3v) is 2.82. The third-order valence-electron chi connectivity index (χ3n) is 2.56. The van der Waals surface area contributed by atoms with Gasteiger partial charge in [0.2, 0.25) is 0 Å². The van der Waals surface area contributed by atoms with Crippen LogP contribution >= 0.6 is 11.6 Å². The van der Waals surface area contributed by atoms with Gasteiger partial charge in [-0.25, -0.2) is 0 Å². The molecule has 1 aromatic carbocycles. The molecular formula is C15H22ClN3. The predicted octanol–water partition coefficient (Wildman–Crippen LogP) is 3.01. The smallest absolute Gasteiger partial charge is 0.191 e.